The molecule has 1 aliphatic rings. The van der Waals surface area contributed by atoms with Crippen LogP contribution in [0.15, 0.2) is 29.4 Å². The number of nitrogens with one attached hydrogen (secondary N) is 1. The van der Waals surface area contributed by atoms with Crippen LogP contribution < -0.4 is 5.73 Å². The third-order valence-electron chi connectivity index (χ3n) is 3.10. The molecule has 4 heteroatoms. The van der Waals surface area contributed by atoms with Crippen molar-refractivity contribution in [3.05, 3.63) is 35.8 Å². The van der Waals surface area contributed by atoms with Crippen LogP contribution in [0.4, 0.5) is 0 Å². The number of nitrogens with zero attached hydrogens (tertiary/aromatic N) is 1. The highest BCUT2D eigenvalue weighted by molar-refractivity contribution is 7.99. The van der Waals surface area contributed by atoms with Crippen molar-refractivity contribution < 1.29 is 0 Å². The number of imidazole rings is 1. The van der Waals surface area contributed by atoms with Gasteiger partial charge in [0.25, 0.3) is 0 Å². The van der Waals surface area contributed by atoms with Crippen LogP contribution in [-0.2, 0) is 13.0 Å². The standard InChI is InChI=1S/C13H15N3S/c14-7-11-13(16-8-15-11)10-3-4-12-9(6-10)2-1-5-17-12/h3-4,6,8H,1-2,5,7,14H2,(H,15,16). The van der Waals surface area contributed by atoms with E-state index in [9.17, 15) is 0 Å². The topological polar surface area (TPSA) is 54.7 Å². The Bertz CT molecular complexity index is 533. The van der Waals surface area contributed by atoms with Crippen LogP contribution in [0.5, 0.6) is 0 Å². The molecule has 1 aromatic carbocycles. The third-order valence-corrected chi connectivity index (χ3v) is 4.31. The largest absolute Gasteiger partial charge is 0.347 e. The van der Waals surface area contributed by atoms with Gasteiger partial charge < -0.3 is 10.7 Å². The molecule has 0 saturated carbocycles. The van der Waals surface area contributed by atoms with Crippen molar-refractivity contribution in [3.8, 4) is 11.3 Å². The Morgan fingerprint density at radius 3 is 3.24 bits per heavy atom. The van der Waals surface area contributed by atoms with E-state index in [1.807, 2.05) is 11.8 Å². The third kappa shape index (κ3) is 1.98. The molecule has 0 amide bonds. The number of fused-ring (bicyclic) bond motifs is 1. The summed E-state index contributed by atoms with van der Waals surface area (Å²) >= 11 is 1.95. The molecule has 88 valence electrons. The number of thioether (sulfide) groups is 1. The lowest BCUT2D eigenvalue weighted by Crippen LogP contribution is -2.01. The van der Waals surface area contributed by atoms with Gasteiger partial charge in [-0.2, -0.15) is 0 Å². The van der Waals surface area contributed by atoms with E-state index in [4.69, 9.17) is 5.73 Å². The lowest BCUT2D eigenvalue weighted by molar-refractivity contribution is 0.890. The van der Waals surface area contributed by atoms with Crippen LogP contribution in [-0.4, -0.2) is 15.7 Å². The van der Waals surface area contributed by atoms with Gasteiger partial charge in [-0.3, -0.25) is 0 Å². The number of rotatable bonds is 2. The minimum Gasteiger partial charge on any atom is -0.347 e. The van der Waals surface area contributed by atoms with Gasteiger partial charge in [-0.15, -0.1) is 11.8 Å². The predicted octanol–water partition coefficient (Wildman–Crippen LogP) is 2.57. The van der Waals surface area contributed by atoms with Crippen molar-refractivity contribution in [1.82, 2.24) is 9.97 Å². The van der Waals surface area contributed by atoms with E-state index in [1.54, 1.807) is 6.33 Å². The van der Waals surface area contributed by atoms with Crippen LogP contribution >= 0.6 is 11.8 Å². The number of aryl methyl sites for hydroxylation is 1. The van der Waals surface area contributed by atoms with Gasteiger partial charge >= 0.3 is 0 Å². The molecule has 3 N–H and O–H groups in total. The summed E-state index contributed by atoms with van der Waals surface area (Å²) in [6, 6.07) is 6.62. The Balaban J connectivity index is 2.04. The summed E-state index contributed by atoms with van der Waals surface area (Å²) in [6.07, 6.45) is 4.16. The zero-order chi connectivity index (χ0) is 11.7. The summed E-state index contributed by atoms with van der Waals surface area (Å²) in [5.41, 5.74) is 10.3. The molecule has 3 rings (SSSR count). The maximum Gasteiger partial charge on any atom is 0.0929 e. The van der Waals surface area contributed by atoms with Crippen molar-refractivity contribution in [2.24, 2.45) is 5.73 Å². The molecular formula is C13H15N3S. The zero-order valence-corrected chi connectivity index (χ0v) is 10.4. The molecule has 17 heavy (non-hydrogen) atoms. The molecule has 0 aliphatic carbocycles. The smallest absolute Gasteiger partial charge is 0.0929 e. The molecule has 0 bridgehead atoms. The average Bonchev–Trinajstić information content (AvgIpc) is 2.86. The van der Waals surface area contributed by atoms with Gasteiger partial charge in [0.2, 0.25) is 0 Å². The molecule has 3 nitrogen and oxygen atoms in total. The molecule has 0 fully saturated rings. The van der Waals surface area contributed by atoms with Gasteiger partial charge in [-0.25, -0.2) is 4.98 Å². The molecule has 2 heterocycles. The molecule has 0 atom stereocenters. The number of H-pyrrole nitrogens is 1. The summed E-state index contributed by atoms with van der Waals surface area (Å²) in [7, 11) is 0. The second-order valence-electron chi connectivity index (χ2n) is 4.21. The van der Waals surface area contributed by atoms with E-state index < -0.39 is 0 Å². The summed E-state index contributed by atoms with van der Waals surface area (Å²) in [5.74, 6) is 1.24. The Labute approximate surface area is 105 Å². The summed E-state index contributed by atoms with van der Waals surface area (Å²) in [4.78, 5) is 8.88. The fourth-order valence-electron chi connectivity index (χ4n) is 2.23. The lowest BCUT2D eigenvalue weighted by atomic mass is 10.0. The number of benzene rings is 1. The highest BCUT2D eigenvalue weighted by Gasteiger charge is 2.13. The number of hydrogen-bond acceptors (Lipinski definition) is 3. The van der Waals surface area contributed by atoms with Gasteiger partial charge in [-0.05, 0) is 36.3 Å². The molecular weight excluding hydrogens is 230 g/mol. The molecule has 0 radical (unpaired) electrons. The molecule has 0 unspecified atom stereocenters. The Kier molecular flexibility index (Phi) is 2.91. The van der Waals surface area contributed by atoms with Crippen molar-refractivity contribution >= 4 is 11.8 Å². The molecule has 0 spiro atoms. The maximum atomic E-state index is 5.69. The highest BCUT2D eigenvalue weighted by atomic mass is 32.2. The Hall–Kier alpha value is -1.26. The predicted molar refractivity (Wildman–Crippen MR) is 71.0 cm³/mol. The van der Waals surface area contributed by atoms with E-state index in [0.717, 1.165) is 11.4 Å². The summed E-state index contributed by atoms with van der Waals surface area (Å²) < 4.78 is 0. The molecule has 1 aromatic heterocycles. The van der Waals surface area contributed by atoms with Crippen LogP contribution in [0.2, 0.25) is 0 Å². The minimum absolute atomic E-state index is 0.501. The number of aromatic nitrogens is 2. The number of nitrogens with two attached hydrogens (primary N) is 1. The monoisotopic (exact) mass is 245 g/mol. The fraction of sp³-hybridized carbons (Fsp3) is 0.308. The van der Waals surface area contributed by atoms with E-state index in [2.05, 4.69) is 28.2 Å². The van der Waals surface area contributed by atoms with Crippen molar-refractivity contribution in [2.75, 3.05) is 5.75 Å². The number of aromatic amines is 1. The van der Waals surface area contributed by atoms with E-state index >= 15 is 0 Å². The van der Waals surface area contributed by atoms with Crippen molar-refractivity contribution in [2.45, 2.75) is 24.3 Å². The minimum atomic E-state index is 0.501. The summed E-state index contributed by atoms with van der Waals surface area (Å²) in [6.45, 7) is 0.501. The lowest BCUT2D eigenvalue weighted by Gasteiger charge is -2.15. The Morgan fingerprint density at radius 2 is 2.35 bits per heavy atom. The fourth-order valence-corrected chi connectivity index (χ4v) is 3.25. The second-order valence-corrected chi connectivity index (χ2v) is 5.35. The molecule has 2 aromatic rings. The normalized spacial score (nSPS) is 14.6. The number of hydrogen-bond donors (Lipinski definition) is 2. The van der Waals surface area contributed by atoms with Gasteiger partial charge in [0.1, 0.15) is 0 Å². The van der Waals surface area contributed by atoms with E-state index in [1.165, 1.54) is 34.6 Å². The second kappa shape index (κ2) is 4.55. The van der Waals surface area contributed by atoms with Crippen molar-refractivity contribution in [1.29, 1.82) is 0 Å². The van der Waals surface area contributed by atoms with Crippen LogP contribution in [0.3, 0.4) is 0 Å². The van der Waals surface area contributed by atoms with Gasteiger partial charge in [0, 0.05) is 17.0 Å². The molecule has 1 aliphatic heterocycles. The SMILES string of the molecule is NCc1[nH]cnc1-c1ccc2c(c1)CCCS2. The maximum absolute atomic E-state index is 5.69. The first-order valence-electron chi connectivity index (χ1n) is 5.87. The first kappa shape index (κ1) is 10.9. The highest BCUT2D eigenvalue weighted by Crippen LogP contribution is 2.33. The Morgan fingerprint density at radius 1 is 1.41 bits per heavy atom. The quantitative estimate of drug-likeness (QED) is 0.855. The van der Waals surface area contributed by atoms with Crippen LogP contribution in [0, 0.1) is 0 Å². The van der Waals surface area contributed by atoms with E-state index in [0.29, 0.717) is 6.54 Å². The summed E-state index contributed by atoms with van der Waals surface area (Å²) in [5, 5.41) is 0. The first-order chi connectivity index (χ1) is 8.38. The first-order valence-corrected chi connectivity index (χ1v) is 6.85. The zero-order valence-electron chi connectivity index (χ0n) is 9.57. The van der Waals surface area contributed by atoms with Crippen LogP contribution in [0.25, 0.3) is 11.3 Å². The van der Waals surface area contributed by atoms with Gasteiger partial charge in [0.05, 0.1) is 17.7 Å². The molecule has 0 saturated heterocycles. The van der Waals surface area contributed by atoms with Crippen LogP contribution in [0.1, 0.15) is 17.7 Å². The average molecular weight is 245 g/mol. The van der Waals surface area contributed by atoms with Gasteiger partial charge in [0.15, 0.2) is 0 Å². The van der Waals surface area contributed by atoms with Gasteiger partial charge in [-0.1, -0.05) is 6.07 Å². The van der Waals surface area contributed by atoms with E-state index in [-0.39, 0.29) is 0 Å². The van der Waals surface area contributed by atoms with Crippen molar-refractivity contribution in [3.63, 3.8) is 0 Å².